The third kappa shape index (κ3) is 16.0. The largest absolute Gasteiger partial charge is 0.508 e. The number of aliphatic hydroxyl groups is 1. The van der Waals surface area contributed by atoms with E-state index in [4.69, 9.17) is 4.42 Å². The monoisotopic (exact) mass is 1120 g/mol. The summed E-state index contributed by atoms with van der Waals surface area (Å²) < 4.78 is 6.08. The summed E-state index contributed by atoms with van der Waals surface area (Å²) in [6.07, 6.45) is 4.48. The van der Waals surface area contributed by atoms with E-state index in [9.17, 15) is 53.4 Å². The first-order valence-electron chi connectivity index (χ1n) is 26.3. The molecule has 2 aliphatic rings. The molecule has 3 aromatic rings. The summed E-state index contributed by atoms with van der Waals surface area (Å²) in [5, 5.41) is 40.7. The number of nitrogens with one attached hydrogen (secondary N) is 8. The van der Waals surface area contributed by atoms with Crippen LogP contribution in [0.25, 0.3) is 17.0 Å². The van der Waals surface area contributed by atoms with E-state index in [-0.39, 0.29) is 80.8 Å². The number of hydrogen-bond donors (Lipinski definition) is 10. The molecule has 416 valence electrons. The van der Waals surface area contributed by atoms with E-state index >= 15 is 0 Å². The molecule has 1 unspecified atom stereocenters. The van der Waals surface area contributed by atoms with Gasteiger partial charge in [0.05, 0.1) is 10.6 Å². The van der Waals surface area contributed by atoms with Gasteiger partial charge in [-0.15, -0.1) is 0 Å². The molecule has 0 saturated carbocycles. The maximum atomic E-state index is 14.8. The minimum atomic E-state index is -1.37. The number of aromatic nitrogens is 2. The number of carbonyl (C=O) groups is 9. The van der Waals surface area contributed by atoms with Crippen molar-refractivity contribution in [3.8, 4) is 5.75 Å². The van der Waals surface area contributed by atoms with Gasteiger partial charge in [0, 0.05) is 36.5 Å². The smallest absolute Gasteiger partial charge is 0.290 e. The zero-order valence-electron chi connectivity index (χ0n) is 44.5. The number of H-pyrrole nitrogens is 1. The highest BCUT2D eigenvalue weighted by Gasteiger charge is 2.41. The second-order valence-corrected chi connectivity index (χ2v) is 21.1. The fourth-order valence-corrected chi connectivity index (χ4v) is 9.74. The van der Waals surface area contributed by atoms with Crippen molar-refractivity contribution in [1.82, 2.24) is 52.1 Å². The van der Waals surface area contributed by atoms with Crippen LogP contribution in [-0.4, -0.2) is 134 Å². The van der Waals surface area contributed by atoms with Gasteiger partial charge in [-0.05, 0) is 109 Å². The van der Waals surface area contributed by atoms with Crippen LogP contribution in [0.3, 0.4) is 0 Å². The molecule has 4 heterocycles. The van der Waals surface area contributed by atoms with E-state index in [0.29, 0.717) is 46.8 Å². The number of rotatable bonds is 16. The van der Waals surface area contributed by atoms with Gasteiger partial charge in [0.2, 0.25) is 53.0 Å². The number of aliphatic hydroxyl groups excluding tert-OH is 1. The Labute approximate surface area is 451 Å². The second-order valence-electron chi connectivity index (χ2n) is 20.3. The summed E-state index contributed by atoms with van der Waals surface area (Å²) >= 11 is 3.51. The Hall–Kier alpha value is -6.62. The maximum absolute atomic E-state index is 14.8. The normalized spacial score (nSPS) is 22.9. The van der Waals surface area contributed by atoms with Crippen LogP contribution in [0, 0.1) is 17.8 Å². The fourth-order valence-electron chi connectivity index (χ4n) is 9.15. The predicted octanol–water partition coefficient (Wildman–Crippen LogP) is 3.25. The molecule has 10 atom stereocenters. The minimum absolute atomic E-state index is 0.00646. The minimum Gasteiger partial charge on any atom is -0.508 e. The Balaban J connectivity index is 1.48. The van der Waals surface area contributed by atoms with Crippen LogP contribution in [0.5, 0.6) is 5.75 Å². The maximum Gasteiger partial charge on any atom is 0.290 e. The number of benzene rings is 1. The molecule has 2 aliphatic heterocycles. The van der Waals surface area contributed by atoms with Gasteiger partial charge >= 0.3 is 0 Å². The molecule has 10 N–H and O–H groups in total. The van der Waals surface area contributed by atoms with Crippen molar-refractivity contribution in [1.29, 1.82) is 0 Å². The standard InChI is InChI=1S/C53H75BrN10O12/c1-9-14-36(60-49(72)42(28(6)10-2)63-50(73)43(67)29(7)11-3)47(70)61-37-15-12-21-55-46(69)39(25-34-33-24-32(65)18-19-35(33)59-45(34)54)58-41(66)20-17-31-26-76-52(57-31)30(8)56-51(74)44(68)38(23-27(4)5)62-48(71)40-16-13-22-64(40)53(37)75/h17-20,24,26-30,36-40,42-43,59,65,67H,9-16,21-23,25H2,1-8H3,(H,55,69)(H,56,74)(H,58,66)(H,60,72)(H,61,70)(H,62,71)(H,63,73)/b20-17+/t28?,29-,30-,36-,37-,38-,39-,40-,42-,43-/m0/s1. The molecule has 22 nitrogen and oxygen atoms in total. The van der Waals surface area contributed by atoms with Crippen LogP contribution < -0.4 is 37.2 Å². The molecule has 8 amide bonds. The van der Waals surface area contributed by atoms with Crippen molar-refractivity contribution in [2.75, 3.05) is 13.1 Å². The van der Waals surface area contributed by atoms with Crippen molar-refractivity contribution < 1.29 is 57.8 Å². The second kappa shape index (κ2) is 28.0. The Bertz CT molecular complexity index is 2610. The lowest BCUT2D eigenvalue weighted by Gasteiger charge is -2.31. The predicted molar refractivity (Wildman–Crippen MR) is 284 cm³/mol. The molecule has 1 aromatic carbocycles. The molecule has 5 rings (SSSR count). The van der Waals surface area contributed by atoms with Gasteiger partial charge < -0.3 is 61.7 Å². The topological polar surface area (TPSA) is 323 Å². The third-order valence-electron chi connectivity index (χ3n) is 14.0. The highest BCUT2D eigenvalue weighted by atomic mass is 79.9. The van der Waals surface area contributed by atoms with Gasteiger partial charge in [-0.25, -0.2) is 4.98 Å². The van der Waals surface area contributed by atoms with E-state index in [1.54, 1.807) is 26.8 Å². The number of aromatic amines is 1. The van der Waals surface area contributed by atoms with E-state index in [0.717, 1.165) is 6.08 Å². The first kappa shape index (κ1) is 60.2. The number of ketones is 1. The number of phenolic OH excluding ortho intramolecular Hbond substituents is 1. The summed E-state index contributed by atoms with van der Waals surface area (Å²) in [6.45, 7) is 14.1. The molecule has 0 radical (unpaired) electrons. The van der Waals surface area contributed by atoms with Crippen molar-refractivity contribution in [3.05, 3.63) is 52.3 Å². The van der Waals surface area contributed by atoms with Gasteiger partial charge in [0.15, 0.2) is 0 Å². The average molecular weight is 1120 g/mol. The number of oxazole rings is 1. The van der Waals surface area contributed by atoms with Crippen LogP contribution in [0.15, 0.2) is 39.6 Å². The zero-order chi connectivity index (χ0) is 56.0. The first-order valence-corrected chi connectivity index (χ1v) is 27.1. The Morgan fingerprint density at radius 2 is 1.61 bits per heavy atom. The van der Waals surface area contributed by atoms with Crippen LogP contribution in [0.1, 0.15) is 136 Å². The molecule has 76 heavy (non-hydrogen) atoms. The molecular formula is C53H75BrN10O12. The molecule has 0 aliphatic carbocycles. The molecule has 0 spiro atoms. The van der Waals surface area contributed by atoms with Gasteiger partial charge in [-0.1, -0.05) is 67.7 Å². The van der Waals surface area contributed by atoms with Crippen molar-refractivity contribution >= 4 is 85.9 Å². The van der Waals surface area contributed by atoms with E-state index in [2.05, 4.69) is 63.1 Å². The number of carbonyl (C=O) groups excluding carboxylic acids is 9. The van der Waals surface area contributed by atoms with Crippen LogP contribution in [0.4, 0.5) is 0 Å². The summed E-state index contributed by atoms with van der Waals surface area (Å²) in [4.78, 5) is 134. The Kier molecular flexibility index (Phi) is 22.2. The van der Waals surface area contributed by atoms with Crippen molar-refractivity contribution in [2.45, 2.75) is 168 Å². The van der Waals surface area contributed by atoms with Gasteiger partial charge in [-0.3, -0.25) is 43.2 Å². The van der Waals surface area contributed by atoms with E-state index in [1.807, 2.05) is 27.7 Å². The van der Waals surface area contributed by atoms with E-state index in [1.165, 1.54) is 36.3 Å². The lowest BCUT2D eigenvalue weighted by atomic mass is 9.95. The lowest BCUT2D eigenvalue weighted by molar-refractivity contribution is -0.144. The summed E-state index contributed by atoms with van der Waals surface area (Å²) in [5.41, 5.74) is 1.41. The fraction of sp³-hybridized carbons (Fsp3) is 0.585. The van der Waals surface area contributed by atoms with Crippen LogP contribution in [0.2, 0.25) is 0 Å². The van der Waals surface area contributed by atoms with Crippen molar-refractivity contribution in [3.63, 3.8) is 0 Å². The Morgan fingerprint density at radius 3 is 2.29 bits per heavy atom. The number of hydrogen-bond acceptors (Lipinski definition) is 13. The van der Waals surface area contributed by atoms with Crippen molar-refractivity contribution in [2.24, 2.45) is 17.8 Å². The Morgan fingerprint density at radius 1 is 0.882 bits per heavy atom. The van der Waals surface area contributed by atoms with E-state index < -0.39 is 107 Å². The molecule has 23 heteroatoms. The molecular weight excluding hydrogens is 1050 g/mol. The number of nitrogens with zero attached hydrogens (tertiary/aromatic N) is 2. The molecule has 2 aromatic heterocycles. The first-order chi connectivity index (χ1) is 36.1. The zero-order valence-corrected chi connectivity index (χ0v) is 46.1. The highest BCUT2D eigenvalue weighted by molar-refractivity contribution is 9.10. The highest BCUT2D eigenvalue weighted by Crippen LogP contribution is 2.31. The summed E-state index contributed by atoms with van der Waals surface area (Å²) in [6, 6.07) is -3.47. The number of Topliss-reactive ketones (excluding diaryl/α,β-unsaturated/α-hetero) is 1. The van der Waals surface area contributed by atoms with Crippen LogP contribution >= 0.6 is 15.9 Å². The third-order valence-corrected chi connectivity index (χ3v) is 14.7. The number of phenols is 1. The quantitative estimate of drug-likeness (QED) is 0.0923. The van der Waals surface area contributed by atoms with Gasteiger partial charge in [0.25, 0.3) is 5.91 Å². The van der Waals surface area contributed by atoms with Crippen LogP contribution in [-0.2, 0) is 49.6 Å². The average Bonchev–Trinajstić information content (AvgIpc) is 4.15. The number of aromatic hydroxyl groups is 1. The summed E-state index contributed by atoms with van der Waals surface area (Å²) in [7, 11) is 0. The molecule has 1 saturated heterocycles. The SMILES string of the molecule is CCC[C@H](NC(=O)[C@@H](NC(=O)[C@@H](O)[C@@H](C)CC)C(C)CC)C(=O)N[C@H]1CCCNC(=O)[C@H](Cc2c(Br)[nH]c3ccc(O)cc23)NC(=O)/C=C/c2coc(n2)[C@H](C)NC(=O)C(=O)[C@H](CC(C)C)NC(=O)[C@@H]2CCCN2C1=O. The van der Waals surface area contributed by atoms with Gasteiger partial charge in [-0.2, -0.15) is 0 Å². The number of amides is 8. The summed E-state index contributed by atoms with van der Waals surface area (Å²) in [5.74, 6) is -7.67. The number of fused-ring (bicyclic) bond motifs is 4. The lowest BCUT2D eigenvalue weighted by Crippen LogP contribution is -2.60. The molecule has 1 fully saturated rings. The molecule has 2 bridgehead atoms. The van der Waals surface area contributed by atoms with Gasteiger partial charge in [0.1, 0.15) is 60.1 Å². The number of halogens is 1.